The van der Waals surface area contributed by atoms with Crippen molar-refractivity contribution in [1.29, 1.82) is 0 Å². The molecule has 0 bridgehead atoms. The summed E-state index contributed by atoms with van der Waals surface area (Å²) in [5, 5.41) is 3.14. The number of hydrogen-bond acceptors (Lipinski definition) is 2. The fraction of sp³-hybridized carbons (Fsp3) is 0. The molecule has 0 fully saturated rings. The molecule has 2 aromatic carbocycles. The van der Waals surface area contributed by atoms with Crippen LogP contribution < -0.4 is 5.32 Å². The molecule has 3 aromatic rings. The lowest BCUT2D eigenvalue weighted by Gasteiger charge is -2.05. The van der Waals surface area contributed by atoms with Crippen LogP contribution in [0, 0.1) is 5.82 Å². The van der Waals surface area contributed by atoms with Crippen molar-refractivity contribution in [2.45, 2.75) is 0 Å². The molecule has 0 spiro atoms. The first-order chi connectivity index (χ1) is 10.6. The third-order valence-corrected chi connectivity index (χ3v) is 3.55. The average molecular weight is 317 g/mol. The molecular formula is C16H10ClFN2O2. The van der Waals surface area contributed by atoms with Crippen molar-refractivity contribution in [3.63, 3.8) is 0 Å². The molecule has 0 aliphatic carbocycles. The van der Waals surface area contributed by atoms with Gasteiger partial charge in [0.1, 0.15) is 5.82 Å². The molecule has 0 atom stereocenters. The predicted molar refractivity (Wildman–Crippen MR) is 82.7 cm³/mol. The Labute approximate surface area is 129 Å². The minimum absolute atomic E-state index is 0.110. The lowest BCUT2D eigenvalue weighted by Crippen LogP contribution is -2.22. The Bertz CT molecular complexity index is 889. The zero-order valence-electron chi connectivity index (χ0n) is 11.2. The summed E-state index contributed by atoms with van der Waals surface area (Å²) in [6.07, 6.45) is 1.39. The second-order valence-corrected chi connectivity index (χ2v) is 5.06. The molecule has 0 aliphatic heterocycles. The number of amides is 1. The number of hydrogen-bond donors (Lipinski definition) is 2. The van der Waals surface area contributed by atoms with E-state index in [1.165, 1.54) is 24.4 Å². The van der Waals surface area contributed by atoms with E-state index in [2.05, 4.69) is 10.3 Å². The first-order valence-electron chi connectivity index (χ1n) is 6.43. The van der Waals surface area contributed by atoms with Gasteiger partial charge in [-0.1, -0.05) is 23.7 Å². The molecule has 0 aliphatic rings. The lowest BCUT2D eigenvalue weighted by atomic mass is 10.1. The van der Waals surface area contributed by atoms with Crippen LogP contribution in [0.5, 0.6) is 0 Å². The molecule has 4 nitrogen and oxygen atoms in total. The Morgan fingerprint density at radius 2 is 1.91 bits per heavy atom. The highest BCUT2D eigenvalue weighted by molar-refractivity contribution is 6.49. The summed E-state index contributed by atoms with van der Waals surface area (Å²) in [6.45, 7) is 0. The largest absolute Gasteiger partial charge is 0.360 e. The first-order valence-corrected chi connectivity index (χ1v) is 6.81. The van der Waals surface area contributed by atoms with Gasteiger partial charge in [0.05, 0.1) is 16.3 Å². The molecule has 1 amide bonds. The number of Topliss-reactive ketones (excluding diaryl/α,β-unsaturated/α-hetero) is 1. The molecule has 0 unspecified atom stereocenters. The number of anilines is 1. The molecule has 1 heterocycles. The SMILES string of the molecule is O=C(Nc1ccccc1Cl)C(=O)c1c[nH]c2ccc(F)cc12. The summed E-state index contributed by atoms with van der Waals surface area (Å²) in [4.78, 5) is 27.1. The molecule has 6 heteroatoms. The summed E-state index contributed by atoms with van der Waals surface area (Å²) in [7, 11) is 0. The van der Waals surface area contributed by atoms with Crippen LogP contribution in [0.25, 0.3) is 10.9 Å². The van der Waals surface area contributed by atoms with Gasteiger partial charge in [-0.3, -0.25) is 9.59 Å². The Morgan fingerprint density at radius 3 is 2.68 bits per heavy atom. The standard InChI is InChI=1S/C16H10ClFN2O2/c17-12-3-1-2-4-14(12)20-16(22)15(21)11-8-19-13-6-5-9(18)7-10(11)13/h1-8,19H,(H,20,22). The van der Waals surface area contributed by atoms with Crippen molar-refractivity contribution in [1.82, 2.24) is 4.98 Å². The Kier molecular flexibility index (Phi) is 3.65. The quantitative estimate of drug-likeness (QED) is 0.570. The van der Waals surface area contributed by atoms with Gasteiger partial charge in [0, 0.05) is 17.1 Å². The van der Waals surface area contributed by atoms with Gasteiger partial charge >= 0.3 is 0 Å². The third-order valence-electron chi connectivity index (χ3n) is 3.22. The lowest BCUT2D eigenvalue weighted by molar-refractivity contribution is -0.112. The molecule has 1 aromatic heterocycles. The summed E-state index contributed by atoms with van der Waals surface area (Å²) >= 11 is 5.93. The first kappa shape index (κ1) is 14.3. The Balaban J connectivity index is 1.91. The van der Waals surface area contributed by atoms with Gasteiger partial charge in [-0.25, -0.2) is 4.39 Å². The zero-order chi connectivity index (χ0) is 15.7. The number of ketones is 1. The molecule has 22 heavy (non-hydrogen) atoms. The van der Waals surface area contributed by atoms with E-state index in [4.69, 9.17) is 11.6 Å². The third kappa shape index (κ3) is 2.58. The Morgan fingerprint density at radius 1 is 1.14 bits per heavy atom. The topological polar surface area (TPSA) is 62.0 Å². The van der Waals surface area contributed by atoms with E-state index in [9.17, 15) is 14.0 Å². The van der Waals surface area contributed by atoms with E-state index < -0.39 is 17.5 Å². The van der Waals surface area contributed by atoms with E-state index >= 15 is 0 Å². The highest BCUT2D eigenvalue weighted by Gasteiger charge is 2.21. The maximum Gasteiger partial charge on any atom is 0.296 e. The van der Waals surface area contributed by atoms with Crippen molar-refractivity contribution in [2.75, 3.05) is 5.32 Å². The maximum absolute atomic E-state index is 13.3. The zero-order valence-corrected chi connectivity index (χ0v) is 11.9. The summed E-state index contributed by atoms with van der Waals surface area (Å²) in [5.74, 6) is -2.08. The molecular weight excluding hydrogens is 307 g/mol. The fourth-order valence-electron chi connectivity index (χ4n) is 2.14. The van der Waals surface area contributed by atoms with Crippen molar-refractivity contribution >= 4 is 39.9 Å². The second kappa shape index (κ2) is 5.61. The van der Waals surface area contributed by atoms with Gasteiger partial charge in [0.2, 0.25) is 0 Å². The van der Waals surface area contributed by atoms with Gasteiger partial charge in [-0.05, 0) is 30.3 Å². The van der Waals surface area contributed by atoms with Gasteiger partial charge < -0.3 is 10.3 Å². The molecule has 3 rings (SSSR count). The number of benzene rings is 2. The van der Waals surface area contributed by atoms with E-state index in [1.807, 2.05) is 0 Å². The molecule has 0 saturated carbocycles. The van der Waals surface area contributed by atoms with E-state index in [0.717, 1.165) is 0 Å². The number of para-hydroxylation sites is 1. The minimum atomic E-state index is -0.835. The van der Waals surface area contributed by atoms with Crippen LogP contribution in [-0.4, -0.2) is 16.7 Å². The number of aromatic amines is 1. The van der Waals surface area contributed by atoms with Crippen LogP contribution in [0.2, 0.25) is 5.02 Å². The Hall–Kier alpha value is -2.66. The number of aromatic nitrogens is 1. The van der Waals surface area contributed by atoms with E-state index in [-0.39, 0.29) is 5.56 Å². The van der Waals surface area contributed by atoms with Gasteiger partial charge in [-0.2, -0.15) is 0 Å². The number of carbonyl (C=O) groups excluding carboxylic acids is 2. The van der Waals surface area contributed by atoms with E-state index in [0.29, 0.717) is 21.6 Å². The van der Waals surface area contributed by atoms with Crippen molar-refractivity contribution in [3.8, 4) is 0 Å². The second-order valence-electron chi connectivity index (χ2n) is 4.66. The minimum Gasteiger partial charge on any atom is -0.360 e. The fourth-order valence-corrected chi connectivity index (χ4v) is 2.33. The maximum atomic E-state index is 13.3. The van der Waals surface area contributed by atoms with Crippen LogP contribution >= 0.6 is 11.6 Å². The van der Waals surface area contributed by atoms with Crippen LogP contribution in [0.15, 0.2) is 48.7 Å². The van der Waals surface area contributed by atoms with Crippen LogP contribution in [0.1, 0.15) is 10.4 Å². The summed E-state index contributed by atoms with van der Waals surface area (Å²) in [5.41, 5.74) is 1.03. The molecule has 0 radical (unpaired) electrons. The van der Waals surface area contributed by atoms with Crippen molar-refractivity contribution in [2.24, 2.45) is 0 Å². The van der Waals surface area contributed by atoms with Gasteiger partial charge in [-0.15, -0.1) is 0 Å². The number of nitrogens with one attached hydrogen (secondary N) is 2. The smallest absolute Gasteiger partial charge is 0.296 e. The van der Waals surface area contributed by atoms with Crippen LogP contribution in [-0.2, 0) is 4.79 Å². The highest BCUT2D eigenvalue weighted by atomic mass is 35.5. The highest BCUT2D eigenvalue weighted by Crippen LogP contribution is 2.23. The number of halogens is 2. The van der Waals surface area contributed by atoms with E-state index in [1.54, 1.807) is 24.3 Å². The van der Waals surface area contributed by atoms with Crippen LogP contribution in [0.4, 0.5) is 10.1 Å². The summed E-state index contributed by atoms with van der Waals surface area (Å²) in [6, 6.07) is 10.6. The number of carbonyl (C=O) groups is 2. The normalized spacial score (nSPS) is 10.6. The van der Waals surface area contributed by atoms with Gasteiger partial charge in [0.15, 0.2) is 0 Å². The number of fused-ring (bicyclic) bond motifs is 1. The summed E-state index contributed by atoms with van der Waals surface area (Å²) < 4.78 is 13.3. The number of H-pyrrole nitrogens is 1. The average Bonchev–Trinajstić information content (AvgIpc) is 2.91. The molecule has 110 valence electrons. The predicted octanol–water partition coefficient (Wildman–Crippen LogP) is 3.78. The molecule has 2 N–H and O–H groups in total. The molecule has 0 saturated heterocycles. The number of rotatable bonds is 3. The van der Waals surface area contributed by atoms with Gasteiger partial charge in [0.25, 0.3) is 11.7 Å². The van der Waals surface area contributed by atoms with Crippen molar-refractivity contribution < 1.29 is 14.0 Å². The van der Waals surface area contributed by atoms with Crippen LogP contribution in [0.3, 0.4) is 0 Å². The monoisotopic (exact) mass is 316 g/mol. The van der Waals surface area contributed by atoms with Crippen molar-refractivity contribution in [3.05, 3.63) is 65.1 Å².